The molecule has 0 amide bonds. The van der Waals surface area contributed by atoms with Crippen molar-refractivity contribution in [3.05, 3.63) is 58.3 Å². The number of H-pyrrole nitrogens is 1. The van der Waals surface area contributed by atoms with Crippen LogP contribution in [0.15, 0.2) is 41.3 Å². The van der Waals surface area contributed by atoms with E-state index in [0.717, 1.165) is 13.1 Å². The lowest BCUT2D eigenvalue weighted by molar-refractivity contribution is -0.132. The second kappa shape index (κ2) is 6.69. The van der Waals surface area contributed by atoms with Crippen molar-refractivity contribution in [3.8, 4) is 5.75 Å². The Labute approximate surface area is 131 Å². The van der Waals surface area contributed by atoms with Gasteiger partial charge < -0.3 is 14.8 Å². The van der Waals surface area contributed by atoms with Crippen molar-refractivity contribution >= 4 is 23.1 Å². The number of allylic oxidation sites excluding steroid dienone is 1. The van der Waals surface area contributed by atoms with Crippen LogP contribution in [0.3, 0.4) is 0 Å². The Bertz CT molecular complexity index is 837. The summed E-state index contributed by atoms with van der Waals surface area (Å²) in [5.41, 5.74) is 0.135. The average molecular weight is 314 g/mol. The highest BCUT2D eigenvalue weighted by molar-refractivity contribution is 6.23. The monoisotopic (exact) mass is 314 g/mol. The molecule has 0 atom stereocenters. The first-order chi connectivity index (χ1) is 10.9. The first-order valence-electron chi connectivity index (χ1n) is 6.68. The lowest BCUT2D eigenvalue weighted by Gasteiger charge is -2.09. The van der Waals surface area contributed by atoms with Gasteiger partial charge in [-0.2, -0.15) is 0 Å². The molecular formula is C16H14N2O5. The Balaban J connectivity index is 2.54. The van der Waals surface area contributed by atoms with Crippen LogP contribution < -0.4 is 10.3 Å². The zero-order chi connectivity index (χ0) is 17.0. The Kier molecular flexibility index (Phi) is 4.70. The topological polar surface area (TPSA) is 109 Å². The molecular weight excluding hydrogens is 300 g/mol. The summed E-state index contributed by atoms with van der Waals surface area (Å²) in [6.45, 7) is 2.71. The first kappa shape index (κ1) is 16.2. The van der Waals surface area contributed by atoms with Crippen LogP contribution in [0, 0.1) is 0 Å². The van der Waals surface area contributed by atoms with Gasteiger partial charge in [0, 0.05) is 12.5 Å². The number of nitrogens with zero attached hydrogens (tertiary/aromatic N) is 1. The van der Waals surface area contributed by atoms with Gasteiger partial charge in [0.25, 0.3) is 5.56 Å². The number of benzene rings is 1. The quantitative estimate of drug-likeness (QED) is 0.657. The highest BCUT2D eigenvalue weighted by Crippen LogP contribution is 2.24. The Morgan fingerprint density at radius 3 is 2.35 bits per heavy atom. The van der Waals surface area contributed by atoms with Crippen LogP contribution in [0.1, 0.15) is 25.2 Å². The van der Waals surface area contributed by atoms with Crippen molar-refractivity contribution < 1.29 is 19.4 Å². The second-order valence-corrected chi connectivity index (χ2v) is 4.69. The minimum Gasteiger partial charge on any atom is -0.478 e. The number of hydrogen-bond acceptors (Lipinski definition) is 5. The molecule has 0 spiro atoms. The lowest BCUT2D eigenvalue weighted by atomic mass is 10.0. The van der Waals surface area contributed by atoms with Gasteiger partial charge in [0.1, 0.15) is 5.82 Å². The molecule has 2 rings (SSSR count). The number of aliphatic carboxylic acids is 1. The van der Waals surface area contributed by atoms with E-state index in [1.165, 1.54) is 0 Å². The highest BCUT2D eigenvalue weighted by Gasteiger charge is 2.17. The van der Waals surface area contributed by atoms with Gasteiger partial charge in [-0.15, -0.1) is 0 Å². The molecule has 1 heterocycles. The van der Waals surface area contributed by atoms with Gasteiger partial charge >= 0.3 is 11.9 Å². The number of carboxylic acid groups (broad SMARTS) is 1. The summed E-state index contributed by atoms with van der Waals surface area (Å²) in [6, 6.07) is 8.50. The molecule has 0 saturated carbocycles. The van der Waals surface area contributed by atoms with Crippen molar-refractivity contribution in [2.75, 3.05) is 0 Å². The largest absolute Gasteiger partial charge is 0.478 e. The number of carbonyl (C=O) groups excluding carboxylic acids is 1. The van der Waals surface area contributed by atoms with E-state index < -0.39 is 17.5 Å². The zero-order valence-electron chi connectivity index (χ0n) is 12.5. The lowest BCUT2D eigenvalue weighted by Crippen LogP contribution is -2.17. The maximum atomic E-state index is 11.9. The third kappa shape index (κ3) is 3.70. The number of aromatic nitrogens is 2. The van der Waals surface area contributed by atoms with Gasteiger partial charge in [-0.25, -0.2) is 9.78 Å². The number of aromatic amines is 1. The fourth-order valence-electron chi connectivity index (χ4n) is 2.02. The number of carboxylic acids is 1. The third-order valence-electron chi connectivity index (χ3n) is 3.03. The van der Waals surface area contributed by atoms with Crippen LogP contribution in [-0.2, 0) is 9.59 Å². The van der Waals surface area contributed by atoms with E-state index in [-0.39, 0.29) is 22.7 Å². The van der Waals surface area contributed by atoms with Gasteiger partial charge in [0.2, 0.25) is 5.75 Å². The van der Waals surface area contributed by atoms with Gasteiger partial charge in [0.15, 0.2) is 0 Å². The van der Waals surface area contributed by atoms with E-state index in [1.54, 1.807) is 37.3 Å². The fraction of sp³-hybridized carbons (Fsp3) is 0.125. The molecule has 118 valence electrons. The highest BCUT2D eigenvalue weighted by atomic mass is 16.5. The number of nitrogens with one attached hydrogen (secondary N) is 1. The minimum absolute atomic E-state index is 0.0222. The maximum absolute atomic E-state index is 11.9. The number of rotatable bonds is 4. The number of ether oxygens (including phenoxy) is 1. The molecule has 0 radical (unpaired) electrons. The minimum atomic E-state index is -1.14. The van der Waals surface area contributed by atoms with E-state index in [1.807, 2.05) is 0 Å². The number of esters is 1. The Morgan fingerprint density at radius 1 is 1.17 bits per heavy atom. The zero-order valence-corrected chi connectivity index (χ0v) is 12.5. The normalized spacial score (nSPS) is 11.6. The summed E-state index contributed by atoms with van der Waals surface area (Å²) in [5.74, 6) is -1.94. The summed E-state index contributed by atoms with van der Waals surface area (Å²) < 4.78 is 4.69. The average Bonchev–Trinajstić information content (AvgIpc) is 2.49. The molecule has 0 unspecified atom stereocenters. The van der Waals surface area contributed by atoms with Crippen LogP contribution in [0.5, 0.6) is 5.75 Å². The maximum Gasteiger partial charge on any atom is 0.336 e. The molecule has 0 aliphatic heterocycles. The predicted octanol–water partition coefficient (Wildman–Crippen LogP) is 1.71. The SMILES string of the molecule is CC(=O)Oc1cnc(C(C)=C(C(=O)O)c2ccccc2)[nH]c1=O. The molecule has 7 heteroatoms. The summed E-state index contributed by atoms with van der Waals surface area (Å²) in [7, 11) is 0. The molecule has 0 aliphatic carbocycles. The van der Waals surface area contributed by atoms with E-state index in [2.05, 4.69) is 9.97 Å². The predicted molar refractivity (Wildman–Crippen MR) is 82.7 cm³/mol. The summed E-state index contributed by atoms with van der Waals surface area (Å²) in [6.07, 6.45) is 1.09. The van der Waals surface area contributed by atoms with Crippen molar-refractivity contribution in [1.29, 1.82) is 0 Å². The number of hydrogen-bond donors (Lipinski definition) is 2. The first-order valence-corrected chi connectivity index (χ1v) is 6.68. The molecule has 1 aromatic carbocycles. The van der Waals surface area contributed by atoms with Crippen molar-refractivity contribution in [3.63, 3.8) is 0 Å². The molecule has 0 bridgehead atoms. The fourth-order valence-corrected chi connectivity index (χ4v) is 2.02. The van der Waals surface area contributed by atoms with E-state index in [9.17, 15) is 19.5 Å². The summed E-state index contributed by atoms with van der Waals surface area (Å²) >= 11 is 0. The summed E-state index contributed by atoms with van der Waals surface area (Å²) in [4.78, 5) is 40.7. The second-order valence-electron chi connectivity index (χ2n) is 4.69. The summed E-state index contributed by atoms with van der Waals surface area (Å²) in [5, 5.41) is 9.45. The molecule has 0 aliphatic rings. The molecule has 2 N–H and O–H groups in total. The molecule has 2 aromatic rings. The Morgan fingerprint density at radius 2 is 1.83 bits per heavy atom. The van der Waals surface area contributed by atoms with Gasteiger partial charge in [-0.05, 0) is 12.5 Å². The van der Waals surface area contributed by atoms with Gasteiger partial charge in [-0.1, -0.05) is 30.3 Å². The number of carbonyl (C=O) groups is 2. The van der Waals surface area contributed by atoms with Crippen LogP contribution in [0.25, 0.3) is 11.1 Å². The van der Waals surface area contributed by atoms with Crippen molar-refractivity contribution in [2.24, 2.45) is 0 Å². The molecule has 1 aromatic heterocycles. The smallest absolute Gasteiger partial charge is 0.336 e. The third-order valence-corrected chi connectivity index (χ3v) is 3.03. The van der Waals surface area contributed by atoms with Crippen LogP contribution in [-0.4, -0.2) is 27.0 Å². The molecule has 7 nitrogen and oxygen atoms in total. The van der Waals surface area contributed by atoms with E-state index in [4.69, 9.17) is 4.74 Å². The van der Waals surface area contributed by atoms with Gasteiger partial charge in [-0.3, -0.25) is 9.59 Å². The van der Waals surface area contributed by atoms with Crippen LogP contribution in [0.4, 0.5) is 0 Å². The standard InChI is InChI=1S/C16H14N2O5/c1-9(13(16(21)22)11-6-4-3-5-7-11)14-17-8-12(15(20)18-14)23-10(2)19/h3-8H,1-2H3,(H,21,22)(H,17,18,20). The van der Waals surface area contributed by atoms with Gasteiger partial charge in [0.05, 0.1) is 11.8 Å². The van der Waals surface area contributed by atoms with E-state index in [0.29, 0.717) is 5.56 Å². The van der Waals surface area contributed by atoms with Crippen molar-refractivity contribution in [2.45, 2.75) is 13.8 Å². The Hall–Kier alpha value is -3.22. The van der Waals surface area contributed by atoms with Crippen LogP contribution in [0.2, 0.25) is 0 Å². The molecule has 0 fully saturated rings. The van der Waals surface area contributed by atoms with Crippen molar-refractivity contribution in [1.82, 2.24) is 9.97 Å². The molecule has 0 saturated heterocycles. The van der Waals surface area contributed by atoms with Crippen LogP contribution >= 0.6 is 0 Å². The molecule has 23 heavy (non-hydrogen) atoms. The van der Waals surface area contributed by atoms with E-state index >= 15 is 0 Å².